The summed E-state index contributed by atoms with van der Waals surface area (Å²) >= 11 is 1.52. The number of amides is 1. The molecule has 0 aliphatic carbocycles. The van der Waals surface area contributed by atoms with Gasteiger partial charge in [-0.2, -0.15) is 0 Å². The minimum absolute atomic E-state index is 0.00823. The first kappa shape index (κ1) is 15.6. The molecule has 5 nitrogen and oxygen atoms in total. The molecule has 0 aliphatic rings. The second-order valence-electron chi connectivity index (χ2n) is 4.74. The molecule has 2 rings (SSSR count). The second-order valence-corrected chi connectivity index (χ2v) is 5.77. The second kappa shape index (κ2) is 7.26. The number of nitrogens with one attached hydrogen (secondary N) is 2. The van der Waals surface area contributed by atoms with Crippen LogP contribution in [-0.2, 0) is 4.79 Å². The van der Waals surface area contributed by atoms with Crippen molar-refractivity contribution in [3.63, 3.8) is 0 Å². The van der Waals surface area contributed by atoms with Gasteiger partial charge in [0.1, 0.15) is 11.8 Å². The Morgan fingerprint density at radius 1 is 1.43 bits per heavy atom. The fraction of sp³-hybridized carbons (Fsp3) is 0.467. The lowest BCUT2D eigenvalue weighted by molar-refractivity contribution is -0.121. The number of benzene rings is 1. The number of anilines is 1. The first-order valence-corrected chi connectivity index (χ1v) is 8.03. The molecule has 1 aromatic heterocycles. The summed E-state index contributed by atoms with van der Waals surface area (Å²) in [4.78, 5) is 16.3. The zero-order valence-electron chi connectivity index (χ0n) is 12.6. The van der Waals surface area contributed by atoms with Crippen molar-refractivity contribution < 1.29 is 9.53 Å². The first-order valence-electron chi connectivity index (χ1n) is 7.21. The fourth-order valence-corrected chi connectivity index (χ4v) is 2.86. The van der Waals surface area contributed by atoms with Crippen LogP contribution < -0.4 is 15.4 Å². The summed E-state index contributed by atoms with van der Waals surface area (Å²) in [5, 5.41) is 6.76. The maximum absolute atomic E-state index is 11.8. The monoisotopic (exact) mass is 307 g/mol. The molecule has 1 aromatic carbocycles. The van der Waals surface area contributed by atoms with Gasteiger partial charge in [0, 0.05) is 6.54 Å². The number of rotatable bonds is 7. The summed E-state index contributed by atoms with van der Waals surface area (Å²) < 4.78 is 6.53. The van der Waals surface area contributed by atoms with E-state index in [1.807, 2.05) is 39.0 Å². The highest BCUT2D eigenvalue weighted by molar-refractivity contribution is 7.22. The van der Waals surface area contributed by atoms with E-state index in [0.717, 1.165) is 27.5 Å². The number of nitrogens with zero attached hydrogens (tertiary/aromatic N) is 1. The SMILES string of the molecule is CCCNC(=O)C(C)Nc1nc2ccc(OCC)cc2s1. The molecule has 0 saturated carbocycles. The molecular weight excluding hydrogens is 286 g/mol. The molecule has 0 radical (unpaired) electrons. The van der Waals surface area contributed by atoms with Gasteiger partial charge in [0.05, 0.1) is 16.8 Å². The Kier molecular flexibility index (Phi) is 5.38. The van der Waals surface area contributed by atoms with Crippen molar-refractivity contribution in [1.29, 1.82) is 0 Å². The Morgan fingerprint density at radius 2 is 2.24 bits per heavy atom. The molecule has 2 aromatic rings. The number of hydrogen-bond donors (Lipinski definition) is 2. The number of ether oxygens (including phenoxy) is 1. The van der Waals surface area contributed by atoms with Crippen molar-refractivity contribution in [3.8, 4) is 5.75 Å². The van der Waals surface area contributed by atoms with Crippen LogP contribution in [0.2, 0.25) is 0 Å². The minimum atomic E-state index is -0.302. The van der Waals surface area contributed by atoms with E-state index in [-0.39, 0.29) is 11.9 Å². The van der Waals surface area contributed by atoms with E-state index in [0.29, 0.717) is 13.2 Å². The summed E-state index contributed by atoms with van der Waals surface area (Å²) in [6, 6.07) is 5.52. The first-order chi connectivity index (χ1) is 10.1. The molecule has 6 heteroatoms. The number of thiazole rings is 1. The van der Waals surface area contributed by atoms with Gasteiger partial charge in [-0.25, -0.2) is 4.98 Å². The zero-order chi connectivity index (χ0) is 15.2. The van der Waals surface area contributed by atoms with Crippen molar-refractivity contribution in [2.24, 2.45) is 0 Å². The topological polar surface area (TPSA) is 63.2 Å². The molecule has 1 atom stereocenters. The van der Waals surface area contributed by atoms with E-state index in [1.165, 1.54) is 11.3 Å². The Balaban J connectivity index is 2.06. The highest BCUT2D eigenvalue weighted by Crippen LogP contribution is 2.29. The van der Waals surface area contributed by atoms with Crippen molar-refractivity contribution in [2.75, 3.05) is 18.5 Å². The number of hydrogen-bond acceptors (Lipinski definition) is 5. The smallest absolute Gasteiger partial charge is 0.242 e. The molecule has 1 amide bonds. The molecule has 1 unspecified atom stereocenters. The van der Waals surface area contributed by atoms with Crippen LogP contribution in [0.5, 0.6) is 5.75 Å². The molecule has 2 N–H and O–H groups in total. The lowest BCUT2D eigenvalue weighted by Crippen LogP contribution is -2.37. The van der Waals surface area contributed by atoms with Crippen molar-refractivity contribution in [3.05, 3.63) is 18.2 Å². The van der Waals surface area contributed by atoms with Gasteiger partial charge in [0.2, 0.25) is 5.91 Å². The van der Waals surface area contributed by atoms with Crippen LogP contribution in [0.15, 0.2) is 18.2 Å². The van der Waals surface area contributed by atoms with Crippen LogP contribution in [0, 0.1) is 0 Å². The molecule has 0 spiro atoms. The van der Waals surface area contributed by atoms with E-state index in [9.17, 15) is 4.79 Å². The number of fused-ring (bicyclic) bond motifs is 1. The van der Waals surface area contributed by atoms with Gasteiger partial charge in [-0.3, -0.25) is 4.79 Å². The van der Waals surface area contributed by atoms with Crippen molar-refractivity contribution >= 4 is 32.6 Å². The van der Waals surface area contributed by atoms with Crippen molar-refractivity contribution in [2.45, 2.75) is 33.2 Å². The van der Waals surface area contributed by atoms with Gasteiger partial charge in [0.15, 0.2) is 5.13 Å². The van der Waals surface area contributed by atoms with E-state index in [1.54, 1.807) is 0 Å². The number of carbonyl (C=O) groups excluding carboxylic acids is 1. The molecule has 114 valence electrons. The van der Waals surface area contributed by atoms with E-state index < -0.39 is 0 Å². The van der Waals surface area contributed by atoms with Crippen LogP contribution in [0.25, 0.3) is 10.2 Å². The normalized spacial score (nSPS) is 12.1. The van der Waals surface area contributed by atoms with Gasteiger partial charge >= 0.3 is 0 Å². The average Bonchev–Trinajstić information content (AvgIpc) is 2.86. The van der Waals surface area contributed by atoms with Gasteiger partial charge in [-0.1, -0.05) is 18.3 Å². The predicted molar refractivity (Wildman–Crippen MR) is 87.2 cm³/mol. The van der Waals surface area contributed by atoms with Crippen LogP contribution in [-0.4, -0.2) is 30.1 Å². The molecular formula is C15H21N3O2S. The molecule has 0 bridgehead atoms. The Morgan fingerprint density at radius 3 is 2.95 bits per heavy atom. The molecule has 0 fully saturated rings. The molecule has 0 aliphatic heterocycles. The summed E-state index contributed by atoms with van der Waals surface area (Å²) in [6.45, 7) is 7.16. The highest BCUT2D eigenvalue weighted by Gasteiger charge is 2.14. The summed E-state index contributed by atoms with van der Waals surface area (Å²) in [6.07, 6.45) is 0.930. The van der Waals surface area contributed by atoms with Gasteiger partial charge < -0.3 is 15.4 Å². The molecule has 1 heterocycles. The largest absolute Gasteiger partial charge is 0.494 e. The molecule has 0 saturated heterocycles. The Bertz CT molecular complexity index is 612. The Labute approximate surface area is 128 Å². The van der Waals surface area contributed by atoms with Crippen LogP contribution in [0.1, 0.15) is 27.2 Å². The third kappa shape index (κ3) is 4.07. The van der Waals surface area contributed by atoms with Crippen LogP contribution in [0.3, 0.4) is 0 Å². The lowest BCUT2D eigenvalue weighted by atomic mass is 10.3. The van der Waals surface area contributed by atoms with Crippen LogP contribution >= 0.6 is 11.3 Å². The van der Waals surface area contributed by atoms with Gasteiger partial charge in [0.25, 0.3) is 0 Å². The minimum Gasteiger partial charge on any atom is -0.494 e. The Hall–Kier alpha value is -1.82. The number of carbonyl (C=O) groups is 1. The standard InChI is InChI=1S/C15H21N3O2S/c1-4-8-16-14(19)10(3)17-15-18-12-7-6-11(20-5-2)9-13(12)21-15/h6-7,9-10H,4-5,8H2,1-3H3,(H,16,19)(H,17,18). The third-order valence-electron chi connectivity index (χ3n) is 2.95. The van der Waals surface area contributed by atoms with E-state index >= 15 is 0 Å². The summed E-state index contributed by atoms with van der Waals surface area (Å²) in [5.41, 5.74) is 0.909. The molecule has 21 heavy (non-hydrogen) atoms. The fourth-order valence-electron chi connectivity index (χ4n) is 1.88. The maximum Gasteiger partial charge on any atom is 0.242 e. The number of aromatic nitrogens is 1. The third-order valence-corrected chi connectivity index (χ3v) is 3.90. The summed E-state index contributed by atoms with van der Waals surface area (Å²) in [7, 11) is 0. The van der Waals surface area contributed by atoms with Crippen molar-refractivity contribution in [1.82, 2.24) is 10.3 Å². The van der Waals surface area contributed by atoms with Crippen LogP contribution in [0.4, 0.5) is 5.13 Å². The maximum atomic E-state index is 11.8. The average molecular weight is 307 g/mol. The zero-order valence-corrected chi connectivity index (χ0v) is 13.4. The quantitative estimate of drug-likeness (QED) is 0.825. The lowest BCUT2D eigenvalue weighted by Gasteiger charge is -2.12. The van der Waals surface area contributed by atoms with E-state index in [2.05, 4.69) is 15.6 Å². The predicted octanol–water partition coefficient (Wildman–Crippen LogP) is 3.02. The van der Waals surface area contributed by atoms with Gasteiger partial charge in [-0.15, -0.1) is 0 Å². The van der Waals surface area contributed by atoms with E-state index in [4.69, 9.17) is 4.74 Å². The van der Waals surface area contributed by atoms with Gasteiger partial charge in [-0.05, 0) is 38.5 Å². The summed E-state index contributed by atoms with van der Waals surface area (Å²) in [5.74, 6) is 0.833. The highest BCUT2D eigenvalue weighted by atomic mass is 32.1.